The number of hydrogen-bond donors (Lipinski definition) is 1. The van der Waals surface area contributed by atoms with Crippen LogP contribution < -0.4 is 10.5 Å². The molecule has 6 rings (SSSR count). The molecular weight excluding hydrogens is 584 g/mol. The Morgan fingerprint density at radius 2 is 1.95 bits per heavy atom. The van der Waals surface area contributed by atoms with Crippen molar-refractivity contribution in [1.29, 1.82) is 0 Å². The third-order valence-corrected chi connectivity index (χ3v) is 8.87. The lowest BCUT2D eigenvalue weighted by molar-refractivity contribution is -0.114. The molecule has 0 saturated carbocycles. The number of primary amides is 1. The van der Waals surface area contributed by atoms with E-state index >= 15 is 0 Å². The fraction of sp³-hybridized carbons (Fsp3) is 0.312. The van der Waals surface area contributed by atoms with E-state index in [4.69, 9.17) is 39.0 Å². The van der Waals surface area contributed by atoms with Gasteiger partial charge in [0.1, 0.15) is 24.3 Å². The van der Waals surface area contributed by atoms with E-state index in [9.17, 15) is 4.79 Å². The Morgan fingerprint density at radius 1 is 1.16 bits per heavy atom. The molecular formula is C32H33ClN6O3S. The number of thiocarbonyl (C=S) groups is 1. The van der Waals surface area contributed by atoms with Gasteiger partial charge >= 0.3 is 0 Å². The van der Waals surface area contributed by atoms with E-state index in [0.29, 0.717) is 21.3 Å². The topological polar surface area (TPSA) is 100 Å². The Labute approximate surface area is 260 Å². The van der Waals surface area contributed by atoms with Gasteiger partial charge in [-0.05, 0) is 62.7 Å². The number of halogens is 1. The highest BCUT2D eigenvalue weighted by molar-refractivity contribution is 7.81. The van der Waals surface area contributed by atoms with Crippen molar-refractivity contribution in [2.75, 3.05) is 20.1 Å². The van der Waals surface area contributed by atoms with E-state index in [2.05, 4.69) is 22.0 Å². The molecule has 1 fully saturated rings. The van der Waals surface area contributed by atoms with Crippen LogP contribution in [0.1, 0.15) is 31.4 Å². The molecule has 43 heavy (non-hydrogen) atoms. The van der Waals surface area contributed by atoms with Crippen LogP contribution in [0.2, 0.25) is 5.02 Å². The number of amides is 1. The number of carbonyl (C=O) groups excluding carboxylic acids is 1. The highest BCUT2D eigenvalue weighted by Gasteiger charge is 2.29. The van der Waals surface area contributed by atoms with E-state index in [1.807, 2.05) is 73.4 Å². The number of nitrogens with two attached hydrogens (primary N) is 1. The second-order valence-corrected chi connectivity index (χ2v) is 11.9. The van der Waals surface area contributed by atoms with Crippen molar-refractivity contribution >= 4 is 51.3 Å². The highest BCUT2D eigenvalue weighted by Crippen LogP contribution is 2.37. The first kappa shape index (κ1) is 29.3. The van der Waals surface area contributed by atoms with Gasteiger partial charge in [-0.25, -0.2) is 4.98 Å². The van der Waals surface area contributed by atoms with E-state index in [0.717, 1.165) is 53.7 Å². The van der Waals surface area contributed by atoms with Crippen LogP contribution in [0.5, 0.6) is 5.75 Å². The lowest BCUT2D eigenvalue weighted by Crippen LogP contribution is -2.35. The van der Waals surface area contributed by atoms with Crippen LogP contribution >= 0.6 is 23.8 Å². The fourth-order valence-electron chi connectivity index (χ4n) is 5.57. The third-order valence-electron chi connectivity index (χ3n) is 8.01. The minimum Gasteiger partial charge on any atom is -0.489 e. The predicted octanol–water partition coefficient (Wildman–Crippen LogP) is 5.35. The molecule has 1 aliphatic heterocycles. The molecule has 2 aromatic carbocycles. The summed E-state index contributed by atoms with van der Waals surface area (Å²) in [4.78, 5) is 19.7. The van der Waals surface area contributed by atoms with Gasteiger partial charge in [-0.3, -0.25) is 14.0 Å². The largest absolute Gasteiger partial charge is 0.489 e. The zero-order chi connectivity index (χ0) is 30.2. The van der Waals surface area contributed by atoms with Gasteiger partial charge in [0.2, 0.25) is 5.91 Å². The lowest BCUT2D eigenvalue weighted by Gasteiger charge is -2.30. The second kappa shape index (κ2) is 12.0. The average molecular weight is 617 g/mol. The number of likely N-dealkylation sites (tertiary alicyclic amines) is 1. The summed E-state index contributed by atoms with van der Waals surface area (Å²) in [6, 6.07) is 11.7. The van der Waals surface area contributed by atoms with Crippen molar-refractivity contribution in [3.8, 4) is 16.9 Å². The van der Waals surface area contributed by atoms with Crippen LogP contribution in [0.15, 0.2) is 72.8 Å². The summed E-state index contributed by atoms with van der Waals surface area (Å²) in [5, 5.41) is 4.77. The third kappa shape index (κ3) is 6.01. The van der Waals surface area contributed by atoms with E-state index in [1.54, 1.807) is 17.1 Å². The molecule has 0 radical (unpaired) electrons. The lowest BCUT2D eigenvalue weighted by atomic mass is 9.98. The Morgan fingerprint density at radius 3 is 2.67 bits per heavy atom. The molecule has 2 N–H and O–H groups in total. The van der Waals surface area contributed by atoms with E-state index < -0.39 is 18.1 Å². The molecule has 222 valence electrons. The van der Waals surface area contributed by atoms with Gasteiger partial charge in [0.25, 0.3) is 0 Å². The Bertz CT molecular complexity index is 1770. The minimum atomic E-state index is -0.700. The van der Waals surface area contributed by atoms with Crippen LogP contribution in [0.3, 0.4) is 0 Å². The Kier molecular flexibility index (Phi) is 8.19. The smallest absolute Gasteiger partial charge is 0.250 e. The summed E-state index contributed by atoms with van der Waals surface area (Å²) in [6.45, 7) is 3.89. The first-order chi connectivity index (χ1) is 20.7. The molecule has 2 aromatic heterocycles. The predicted molar refractivity (Wildman–Crippen MR) is 172 cm³/mol. The van der Waals surface area contributed by atoms with Crippen molar-refractivity contribution in [2.24, 2.45) is 12.8 Å². The number of imidazole rings is 1. The summed E-state index contributed by atoms with van der Waals surface area (Å²) in [5.41, 5.74) is 11.1. The van der Waals surface area contributed by atoms with Gasteiger partial charge in [0.05, 0.1) is 38.8 Å². The number of nitrogens with zero attached hydrogens (tertiary/aromatic N) is 5. The molecule has 4 aromatic rings. The summed E-state index contributed by atoms with van der Waals surface area (Å²) in [6.07, 6.45) is 9.91. The number of fused-ring (bicyclic) bond motifs is 1. The monoisotopic (exact) mass is 616 g/mol. The maximum absolute atomic E-state index is 12.5. The zero-order valence-corrected chi connectivity index (χ0v) is 25.8. The van der Waals surface area contributed by atoms with Crippen molar-refractivity contribution < 1.29 is 14.3 Å². The number of hydrogen-bond acceptors (Lipinski definition) is 7. The summed E-state index contributed by atoms with van der Waals surface area (Å²) in [7, 11) is 4.00. The summed E-state index contributed by atoms with van der Waals surface area (Å²) in [5.74, 6) is 0.0200. The summed E-state index contributed by atoms with van der Waals surface area (Å²) < 4.78 is 16.4. The standard InChI is InChI=1S/C32H33ClN6O3S/c1-19(24-5-4-6-28(30(24)33)42-23-9-11-37(2)12-10-23)41-29-15-22(14-25(31(29)43)32(34)40)39-18-35-26-13-20(7-8-27(26)39)21-16-36-38(3)17-21/h4-8,13-19,23,29H,9-12H2,1-3H3,(H2,34,40)/t19-,29?/m1/s1. The highest BCUT2D eigenvalue weighted by atomic mass is 35.5. The van der Waals surface area contributed by atoms with E-state index in [1.165, 1.54) is 0 Å². The quantitative estimate of drug-likeness (QED) is 0.267. The Balaban J connectivity index is 1.27. The SMILES string of the molecule is C[C@@H](OC1C=C(n2cnc3cc(-c4cnn(C)c4)ccc32)C=C(C(N)=O)C1=S)c1cccc(OC2CCN(C)CC2)c1Cl. The Hall–Kier alpha value is -3.83. The molecule has 9 nitrogen and oxygen atoms in total. The molecule has 0 spiro atoms. The number of aryl methyl sites for hydroxylation is 1. The molecule has 11 heteroatoms. The van der Waals surface area contributed by atoms with Crippen LogP contribution in [0, 0.1) is 0 Å². The number of piperidine rings is 1. The number of rotatable bonds is 8. The van der Waals surface area contributed by atoms with Gasteiger partial charge in [0, 0.05) is 43.2 Å². The van der Waals surface area contributed by atoms with Gasteiger partial charge in [-0.15, -0.1) is 0 Å². The van der Waals surface area contributed by atoms with Gasteiger partial charge in [0.15, 0.2) is 0 Å². The second-order valence-electron chi connectivity index (χ2n) is 11.1. The first-order valence-corrected chi connectivity index (χ1v) is 15.0. The molecule has 0 bridgehead atoms. The minimum absolute atomic E-state index is 0.116. The maximum atomic E-state index is 12.5. The number of carbonyl (C=O) groups is 1. The molecule has 2 atom stereocenters. The summed E-state index contributed by atoms with van der Waals surface area (Å²) >= 11 is 12.5. The molecule has 1 amide bonds. The maximum Gasteiger partial charge on any atom is 0.250 e. The van der Waals surface area contributed by atoms with Crippen molar-refractivity contribution in [2.45, 2.75) is 38.1 Å². The zero-order valence-electron chi connectivity index (χ0n) is 24.2. The molecule has 3 heterocycles. The van der Waals surface area contributed by atoms with Crippen molar-refractivity contribution in [3.05, 3.63) is 83.4 Å². The average Bonchev–Trinajstić information content (AvgIpc) is 3.62. The molecule has 1 aliphatic carbocycles. The molecule has 1 saturated heterocycles. The van der Waals surface area contributed by atoms with Crippen LogP contribution in [0.25, 0.3) is 27.9 Å². The van der Waals surface area contributed by atoms with Crippen molar-refractivity contribution in [1.82, 2.24) is 24.2 Å². The van der Waals surface area contributed by atoms with Gasteiger partial charge in [-0.1, -0.05) is 42.0 Å². The van der Waals surface area contributed by atoms with E-state index in [-0.39, 0.29) is 11.7 Å². The number of benzene rings is 2. The van der Waals surface area contributed by atoms with Crippen LogP contribution in [-0.4, -0.2) is 67.3 Å². The van der Waals surface area contributed by atoms with Crippen molar-refractivity contribution in [3.63, 3.8) is 0 Å². The first-order valence-electron chi connectivity index (χ1n) is 14.2. The number of aromatic nitrogens is 4. The molecule has 2 aliphatic rings. The van der Waals surface area contributed by atoms with Gasteiger partial charge in [-0.2, -0.15) is 5.10 Å². The van der Waals surface area contributed by atoms with Crippen LogP contribution in [0.4, 0.5) is 0 Å². The molecule has 1 unspecified atom stereocenters. The van der Waals surface area contributed by atoms with Crippen LogP contribution in [-0.2, 0) is 16.6 Å². The number of ether oxygens (including phenoxy) is 2. The fourth-order valence-corrected chi connectivity index (χ4v) is 6.18. The normalized spacial score (nSPS) is 18.9. The number of allylic oxidation sites excluding steroid dienone is 2. The van der Waals surface area contributed by atoms with Gasteiger partial charge < -0.3 is 20.1 Å².